The van der Waals surface area contributed by atoms with Crippen LogP contribution in [0.15, 0.2) is 42.7 Å². The van der Waals surface area contributed by atoms with E-state index >= 15 is 0 Å². The zero-order valence-electron chi connectivity index (χ0n) is 11.7. The first kappa shape index (κ1) is 12.8. The van der Waals surface area contributed by atoms with Crippen LogP contribution in [0.1, 0.15) is 21.5 Å². The van der Waals surface area contributed by atoms with Gasteiger partial charge in [-0.05, 0) is 30.0 Å². The zero-order chi connectivity index (χ0) is 15.1. The van der Waals surface area contributed by atoms with Gasteiger partial charge in [-0.25, -0.2) is 14.3 Å². The van der Waals surface area contributed by atoms with Crippen molar-refractivity contribution in [2.75, 3.05) is 5.32 Å². The standard InChI is InChI=1S/C16H14N4O2/c21-16(22)13-9-17-20-6-5-14(19-15(13)20)18-12-7-10-3-1-2-4-11(10)8-12/h1-6,9,12H,7-8H2,(H,18,19)(H,21,22). The van der Waals surface area contributed by atoms with Gasteiger partial charge in [-0.3, -0.25) is 0 Å². The number of nitrogens with one attached hydrogen (secondary N) is 1. The van der Waals surface area contributed by atoms with E-state index in [0.717, 1.165) is 12.8 Å². The molecule has 0 spiro atoms. The fourth-order valence-electron chi connectivity index (χ4n) is 2.97. The van der Waals surface area contributed by atoms with E-state index in [2.05, 4.69) is 39.7 Å². The Balaban J connectivity index is 1.60. The molecule has 6 nitrogen and oxygen atoms in total. The van der Waals surface area contributed by atoms with Gasteiger partial charge in [0.1, 0.15) is 11.4 Å². The van der Waals surface area contributed by atoms with E-state index in [1.807, 2.05) is 6.07 Å². The van der Waals surface area contributed by atoms with Gasteiger partial charge in [0.2, 0.25) is 0 Å². The number of fused-ring (bicyclic) bond motifs is 2. The fourth-order valence-corrected chi connectivity index (χ4v) is 2.97. The summed E-state index contributed by atoms with van der Waals surface area (Å²) in [7, 11) is 0. The Morgan fingerprint density at radius 2 is 1.95 bits per heavy atom. The summed E-state index contributed by atoms with van der Waals surface area (Å²) in [5.74, 6) is -0.346. The number of carbonyl (C=O) groups is 1. The average Bonchev–Trinajstić information content (AvgIpc) is 3.09. The molecule has 2 aromatic heterocycles. The minimum absolute atomic E-state index is 0.110. The number of aromatic carboxylic acids is 1. The quantitative estimate of drug-likeness (QED) is 0.772. The molecule has 0 unspecified atom stereocenters. The van der Waals surface area contributed by atoms with Gasteiger partial charge in [0.15, 0.2) is 5.65 Å². The number of hydrogen-bond acceptors (Lipinski definition) is 4. The van der Waals surface area contributed by atoms with Crippen LogP contribution in [-0.2, 0) is 12.8 Å². The third-order valence-electron chi connectivity index (χ3n) is 4.00. The highest BCUT2D eigenvalue weighted by atomic mass is 16.4. The monoisotopic (exact) mass is 294 g/mol. The van der Waals surface area contributed by atoms with Gasteiger partial charge >= 0.3 is 5.97 Å². The first-order chi connectivity index (χ1) is 10.7. The summed E-state index contributed by atoms with van der Waals surface area (Å²) in [5.41, 5.74) is 3.18. The summed E-state index contributed by atoms with van der Waals surface area (Å²) >= 11 is 0. The molecule has 1 aliphatic carbocycles. The molecule has 1 aromatic carbocycles. The topological polar surface area (TPSA) is 79.5 Å². The van der Waals surface area contributed by atoms with E-state index in [9.17, 15) is 4.79 Å². The maximum atomic E-state index is 11.2. The number of rotatable bonds is 3. The van der Waals surface area contributed by atoms with Crippen LogP contribution in [0.25, 0.3) is 5.65 Å². The van der Waals surface area contributed by atoms with Crippen LogP contribution in [0.5, 0.6) is 0 Å². The van der Waals surface area contributed by atoms with Crippen molar-refractivity contribution < 1.29 is 9.90 Å². The van der Waals surface area contributed by atoms with Crippen molar-refractivity contribution in [2.45, 2.75) is 18.9 Å². The Bertz CT molecular complexity index is 846. The van der Waals surface area contributed by atoms with E-state index in [4.69, 9.17) is 5.11 Å². The molecule has 0 amide bonds. The van der Waals surface area contributed by atoms with Gasteiger partial charge in [-0.2, -0.15) is 5.10 Å². The second-order valence-corrected chi connectivity index (χ2v) is 5.46. The average molecular weight is 294 g/mol. The Morgan fingerprint density at radius 1 is 1.23 bits per heavy atom. The minimum Gasteiger partial charge on any atom is -0.477 e. The molecule has 4 rings (SSSR count). The Hall–Kier alpha value is -2.89. The third-order valence-corrected chi connectivity index (χ3v) is 4.00. The van der Waals surface area contributed by atoms with Crippen molar-refractivity contribution in [1.29, 1.82) is 0 Å². The summed E-state index contributed by atoms with van der Waals surface area (Å²) in [5, 5.41) is 16.5. The van der Waals surface area contributed by atoms with E-state index < -0.39 is 5.97 Å². The van der Waals surface area contributed by atoms with Gasteiger partial charge in [0, 0.05) is 12.2 Å². The van der Waals surface area contributed by atoms with Crippen LogP contribution in [0.2, 0.25) is 0 Å². The molecule has 22 heavy (non-hydrogen) atoms. The predicted octanol–water partition coefficient (Wildman–Crippen LogP) is 2.01. The van der Waals surface area contributed by atoms with Gasteiger partial charge < -0.3 is 10.4 Å². The highest BCUT2D eigenvalue weighted by molar-refractivity contribution is 5.94. The van der Waals surface area contributed by atoms with Crippen molar-refractivity contribution in [3.05, 3.63) is 59.4 Å². The molecule has 2 heterocycles. The van der Waals surface area contributed by atoms with Crippen LogP contribution in [0, 0.1) is 0 Å². The van der Waals surface area contributed by atoms with Gasteiger partial charge in [-0.15, -0.1) is 0 Å². The SMILES string of the molecule is O=C(O)c1cnn2ccc(NC3Cc4ccccc4C3)nc12. The van der Waals surface area contributed by atoms with Crippen molar-refractivity contribution in [1.82, 2.24) is 14.6 Å². The molecule has 2 N–H and O–H groups in total. The highest BCUT2D eigenvalue weighted by Gasteiger charge is 2.21. The summed E-state index contributed by atoms with van der Waals surface area (Å²) < 4.78 is 1.47. The molecular weight excluding hydrogens is 280 g/mol. The number of hydrogen-bond donors (Lipinski definition) is 2. The first-order valence-electron chi connectivity index (χ1n) is 7.12. The smallest absolute Gasteiger partial charge is 0.341 e. The predicted molar refractivity (Wildman–Crippen MR) is 81.2 cm³/mol. The minimum atomic E-state index is -1.02. The van der Waals surface area contributed by atoms with Crippen LogP contribution < -0.4 is 5.32 Å². The van der Waals surface area contributed by atoms with Crippen molar-refractivity contribution in [2.24, 2.45) is 0 Å². The molecule has 6 heteroatoms. The lowest BCUT2D eigenvalue weighted by Gasteiger charge is -2.12. The highest BCUT2D eigenvalue weighted by Crippen LogP contribution is 2.24. The number of aromatic nitrogens is 3. The van der Waals surface area contributed by atoms with E-state index in [-0.39, 0.29) is 11.6 Å². The molecule has 3 aromatic rings. The summed E-state index contributed by atoms with van der Waals surface area (Å²) in [6.45, 7) is 0. The molecule has 0 atom stereocenters. The van der Waals surface area contributed by atoms with Crippen LogP contribution in [-0.4, -0.2) is 31.7 Å². The van der Waals surface area contributed by atoms with E-state index in [0.29, 0.717) is 11.5 Å². The molecular formula is C16H14N4O2. The second kappa shape index (κ2) is 4.84. The molecule has 0 radical (unpaired) electrons. The molecule has 0 fully saturated rings. The van der Waals surface area contributed by atoms with Crippen molar-refractivity contribution in [3.63, 3.8) is 0 Å². The molecule has 0 aliphatic heterocycles. The maximum Gasteiger partial charge on any atom is 0.341 e. The van der Waals surface area contributed by atoms with Crippen molar-refractivity contribution >= 4 is 17.4 Å². The lowest BCUT2D eigenvalue weighted by molar-refractivity contribution is 0.0699. The van der Waals surface area contributed by atoms with Gasteiger partial charge in [0.05, 0.1) is 6.20 Å². The number of carboxylic acids is 1. The number of carboxylic acid groups (broad SMARTS) is 1. The Labute approximate surface area is 126 Å². The summed E-state index contributed by atoms with van der Waals surface area (Å²) in [6.07, 6.45) is 4.95. The van der Waals surface area contributed by atoms with E-state index in [1.165, 1.54) is 21.8 Å². The first-order valence-corrected chi connectivity index (χ1v) is 7.12. The van der Waals surface area contributed by atoms with E-state index in [1.54, 1.807) is 6.20 Å². The number of nitrogens with zero attached hydrogens (tertiary/aromatic N) is 3. The van der Waals surface area contributed by atoms with Gasteiger partial charge in [0.25, 0.3) is 0 Å². The zero-order valence-corrected chi connectivity index (χ0v) is 11.7. The number of benzene rings is 1. The largest absolute Gasteiger partial charge is 0.477 e. The molecule has 110 valence electrons. The second-order valence-electron chi connectivity index (χ2n) is 5.46. The Kier molecular flexibility index (Phi) is 2.82. The molecule has 0 saturated carbocycles. The van der Waals surface area contributed by atoms with Crippen LogP contribution in [0.4, 0.5) is 5.82 Å². The fraction of sp³-hybridized carbons (Fsp3) is 0.188. The lowest BCUT2D eigenvalue weighted by Crippen LogP contribution is -2.20. The lowest BCUT2D eigenvalue weighted by atomic mass is 10.1. The van der Waals surface area contributed by atoms with Crippen molar-refractivity contribution in [3.8, 4) is 0 Å². The van der Waals surface area contributed by atoms with Gasteiger partial charge in [-0.1, -0.05) is 24.3 Å². The summed E-state index contributed by atoms with van der Waals surface area (Å²) in [4.78, 5) is 15.6. The third kappa shape index (κ3) is 2.09. The molecule has 0 saturated heterocycles. The maximum absolute atomic E-state index is 11.2. The molecule has 0 bridgehead atoms. The summed E-state index contributed by atoms with van der Waals surface area (Å²) in [6, 6.07) is 10.5. The number of anilines is 1. The van der Waals surface area contributed by atoms with Crippen LogP contribution in [0.3, 0.4) is 0 Å². The molecule has 1 aliphatic rings. The normalized spacial score (nSPS) is 14.2. The van der Waals surface area contributed by atoms with Crippen LogP contribution >= 0.6 is 0 Å². The Morgan fingerprint density at radius 3 is 2.64 bits per heavy atom.